The zero-order chi connectivity index (χ0) is 35.4. The Labute approximate surface area is 291 Å². The van der Waals surface area contributed by atoms with Crippen LogP contribution in [0.1, 0.15) is 132 Å². The lowest BCUT2D eigenvalue weighted by Gasteiger charge is -2.72. The molecular weight excluding hydrogens is 602 g/mol. The molecule has 1 amide bonds. The highest BCUT2D eigenvalue weighted by Crippen LogP contribution is 2.76. The second-order valence-corrected chi connectivity index (χ2v) is 19.2. The fourth-order valence-corrected chi connectivity index (χ4v) is 13.4. The standard InChI is InChI=1S/C41H67NO6/c1-25(2)28-21-26(22-33(43)42-19-20-47-10)27-13-17-40(8)29(36(27)28)11-12-31-39(7)16-15-32(38(5,6)30(39)14-18-41(31,40)9)48-35(46)24-37(3,4)23-34(44)45/h26-32,36H,1,11-24H2,2-10H3,(H,42,43)(H,44,45)/t26-,27?,28-,29+,30-,31+,32-,36+,39-,40+,41+/m0/s1. The van der Waals surface area contributed by atoms with Gasteiger partial charge in [-0.15, -0.1) is 0 Å². The second kappa shape index (κ2) is 13.3. The molecule has 48 heavy (non-hydrogen) atoms. The highest BCUT2D eigenvalue weighted by atomic mass is 16.5. The largest absolute Gasteiger partial charge is 0.481 e. The van der Waals surface area contributed by atoms with E-state index in [1.165, 1.54) is 37.7 Å². The number of hydrogen-bond acceptors (Lipinski definition) is 5. The van der Waals surface area contributed by atoms with Crippen LogP contribution in [0.2, 0.25) is 0 Å². The Bertz CT molecular complexity index is 1260. The minimum Gasteiger partial charge on any atom is -0.481 e. The number of methoxy groups -OCH3 is 1. The predicted octanol–water partition coefficient (Wildman–Crippen LogP) is 8.46. The molecule has 0 saturated heterocycles. The molecule has 5 fully saturated rings. The average Bonchev–Trinajstić information content (AvgIpc) is 3.32. The second-order valence-electron chi connectivity index (χ2n) is 19.2. The summed E-state index contributed by atoms with van der Waals surface area (Å²) < 4.78 is 11.4. The van der Waals surface area contributed by atoms with Gasteiger partial charge in [0.15, 0.2) is 0 Å². The summed E-state index contributed by atoms with van der Waals surface area (Å²) in [5, 5.41) is 12.4. The highest BCUT2D eigenvalue weighted by molar-refractivity contribution is 5.76. The van der Waals surface area contributed by atoms with E-state index in [-0.39, 0.29) is 52.5 Å². The molecule has 5 rings (SSSR count). The van der Waals surface area contributed by atoms with Gasteiger partial charge in [-0.1, -0.05) is 60.6 Å². The topological polar surface area (TPSA) is 102 Å². The molecule has 0 bridgehead atoms. The molecule has 0 aromatic carbocycles. The number of allylic oxidation sites excluding steroid dienone is 1. The number of carboxylic acid groups (broad SMARTS) is 1. The van der Waals surface area contributed by atoms with Crippen LogP contribution in [0, 0.1) is 68.5 Å². The zero-order valence-electron chi connectivity index (χ0n) is 31.7. The maximum absolute atomic E-state index is 13.2. The quantitative estimate of drug-likeness (QED) is 0.130. The van der Waals surface area contributed by atoms with Gasteiger partial charge in [0.25, 0.3) is 0 Å². The van der Waals surface area contributed by atoms with Crippen molar-refractivity contribution in [3.05, 3.63) is 12.2 Å². The van der Waals surface area contributed by atoms with E-state index < -0.39 is 11.4 Å². The number of carbonyl (C=O) groups is 3. The minimum absolute atomic E-state index is 0.0452. The smallest absolute Gasteiger partial charge is 0.306 e. The van der Waals surface area contributed by atoms with E-state index in [1.807, 2.05) is 13.8 Å². The number of aliphatic carboxylic acids is 1. The van der Waals surface area contributed by atoms with Gasteiger partial charge >= 0.3 is 11.9 Å². The molecule has 1 unspecified atom stereocenters. The first-order valence-electron chi connectivity index (χ1n) is 19.1. The van der Waals surface area contributed by atoms with Crippen molar-refractivity contribution < 1.29 is 29.0 Å². The van der Waals surface area contributed by atoms with Crippen molar-refractivity contribution in [2.75, 3.05) is 20.3 Å². The fourth-order valence-electron chi connectivity index (χ4n) is 13.4. The van der Waals surface area contributed by atoms with Gasteiger partial charge in [0, 0.05) is 25.5 Å². The molecule has 0 spiro atoms. The van der Waals surface area contributed by atoms with Crippen LogP contribution in [0.5, 0.6) is 0 Å². The molecule has 5 aliphatic rings. The Morgan fingerprint density at radius 2 is 1.60 bits per heavy atom. The third-order valence-electron chi connectivity index (χ3n) is 15.7. The molecule has 0 heterocycles. The molecule has 0 aromatic heterocycles. The molecule has 5 aliphatic carbocycles. The van der Waals surface area contributed by atoms with Gasteiger partial charge in [-0.3, -0.25) is 14.4 Å². The van der Waals surface area contributed by atoms with Crippen LogP contribution in [0.4, 0.5) is 0 Å². The number of amides is 1. The molecule has 0 radical (unpaired) electrons. The lowest BCUT2D eigenvalue weighted by atomic mass is 9.33. The monoisotopic (exact) mass is 669 g/mol. The Balaban J connectivity index is 1.34. The number of hydrogen-bond donors (Lipinski definition) is 2. The SMILES string of the molecule is C=C(C)[C@@H]1C[C@@H](CC(=O)NCCOC)C2CC[C@]3(C)[C@H](CC[C@@H]4[C@@]5(C)CC[C@H](OC(=O)CC(C)(C)CC(=O)O)C(C)(C)[C@@H]5CC[C@]43C)[C@H]21. The maximum atomic E-state index is 13.2. The number of esters is 1. The van der Waals surface area contributed by atoms with Gasteiger partial charge in [0.1, 0.15) is 6.10 Å². The van der Waals surface area contributed by atoms with Crippen molar-refractivity contribution in [2.45, 2.75) is 139 Å². The number of fused-ring (bicyclic) bond motifs is 7. The van der Waals surface area contributed by atoms with Crippen LogP contribution >= 0.6 is 0 Å². The molecule has 11 atom stereocenters. The summed E-state index contributed by atoms with van der Waals surface area (Å²) in [5.74, 6) is 2.89. The Morgan fingerprint density at radius 1 is 0.917 bits per heavy atom. The molecule has 5 saturated carbocycles. The molecule has 2 N–H and O–H groups in total. The van der Waals surface area contributed by atoms with E-state index in [1.54, 1.807) is 7.11 Å². The maximum Gasteiger partial charge on any atom is 0.306 e. The highest BCUT2D eigenvalue weighted by Gasteiger charge is 2.70. The molecule has 7 heteroatoms. The van der Waals surface area contributed by atoms with E-state index in [0.717, 1.165) is 25.7 Å². The van der Waals surface area contributed by atoms with E-state index in [4.69, 9.17) is 9.47 Å². The van der Waals surface area contributed by atoms with Gasteiger partial charge in [-0.2, -0.15) is 0 Å². The Morgan fingerprint density at radius 3 is 2.25 bits per heavy atom. The summed E-state index contributed by atoms with van der Waals surface area (Å²) >= 11 is 0. The molecule has 0 aromatic rings. The third-order valence-corrected chi connectivity index (χ3v) is 15.7. The van der Waals surface area contributed by atoms with E-state index in [9.17, 15) is 19.5 Å². The van der Waals surface area contributed by atoms with Crippen LogP contribution in [0.15, 0.2) is 12.2 Å². The summed E-state index contributed by atoms with van der Waals surface area (Å²) in [6.45, 7) is 24.1. The summed E-state index contributed by atoms with van der Waals surface area (Å²) in [5.41, 5.74) is 1.19. The average molecular weight is 670 g/mol. The lowest BCUT2D eigenvalue weighted by Crippen LogP contribution is -2.66. The van der Waals surface area contributed by atoms with Crippen molar-refractivity contribution in [1.82, 2.24) is 5.32 Å². The normalized spacial score (nSPS) is 41.6. The summed E-state index contributed by atoms with van der Waals surface area (Å²) in [6, 6.07) is 0. The number of nitrogens with one attached hydrogen (secondary N) is 1. The number of carbonyl (C=O) groups excluding carboxylic acids is 2. The first-order chi connectivity index (χ1) is 22.3. The van der Waals surface area contributed by atoms with E-state index in [0.29, 0.717) is 61.0 Å². The number of carboxylic acids is 1. The fraction of sp³-hybridized carbons (Fsp3) is 0.878. The van der Waals surface area contributed by atoms with Crippen LogP contribution in [-0.4, -0.2) is 49.3 Å². The van der Waals surface area contributed by atoms with Crippen molar-refractivity contribution >= 4 is 17.8 Å². The summed E-state index contributed by atoms with van der Waals surface area (Å²) in [6.07, 6.45) is 10.9. The first kappa shape index (κ1) is 37.4. The van der Waals surface area contributed by atoms with Crippen molar-refractivity contribution in [2.24, 2.45) is 68.5 Å². The lowest BCUT2D eigenvalue weighted by molar-refractivity contribution is -0.245. The molecular formula is C41H67NO6. The van der Waals surface area contributed by atoms with Crippen molar-refractivity contribution in [1.29, 1.82) is 0 Å². The predicted molar refractivity (Wildman–Crippen MR) is 189 cm³/mol. The number of ether oxygens (including phenoxy) is 2. The van der Waals surface area contributed by atoms with Crippen LogP contribution in [0.3, 0.4) is 0 Å². The van der Waals surface area contributed by atoms with E-state index in [2.05, 4.69) is 53.4 Å². The molecule has 0 aliphatic heterocycles. The first-order valence-corrected chi connectivity index (χ1v) is 19.1. The van der Waals surface area contributed by atoms with Gasteiger partial charge < -0.3 is 19.9 Å². The molecule has 272 valence electrons. The minimum atomic E-state index is -0.882. The van der Waals surface area contributed by atoms with E-state index >= 15 is 0 Å². The van der Waals surface area contributed by atoms with Crippen LogP contribution < -0.4 is 5.32 Å². The van der Waals surface area contributed by atoms with Gasteiger partial charge in [-0.25, -0.2) is 0 Å². The molecule has 7 nitrogen and oxygen atoms in total. The van der Waals surface area contributed by atoms with Gasteiger partial charge in [0.05, 0.1) is 19.4 Å². The van der Waals surface area contributed by atoms with Crippen LogP contribution in [0.25, 0.3) is 0 Å². The van der Waals surface area contributed by atoms with Gasteiger partial charge in [0.2, 0.25) is 5.91 Å². The number of rotatable bonds is 11. The summed E-state index contributed by atoms with van der Waals surface area (Å²) in [7, 11) is 1.67. The Kier molecular flexibility index (Phi) is 10.4. The van der Waals surface area contributed by atoms with Crippen molar-refractivity contribution in [3.8, 4) is 0 Å². The summed E-state index contributed by atoms with van der Waals surface area (Å²) in [4.78, 5) is 37.5. The Hall–Kier alpha value is -1.89. The van der Waals surface area contributed by atoms with Crippen molar-refractivity contribution in [3.63, 3.8) is 0 Å². The van der Waals surface area contributed by atoms with Crippen LogP contribution in [-0.2, 0) is 23.9 Å². The third kappa shape index (κ3) is 6.41. The zero-order valence-corrected chi connectivity index (χ0v) is 31.7. The van der Waals surface area contributed by atoms with Gasteiger partial charge in [-0.05, 0) is 128 Å².